The lowest BCUT2D eigenvalue weighted by Crippen LogP contribution is -2.24. The van der Waals surface area contributed by atoms with E-state index in [1.54, 1.807) is 11.8 Å². The molecule has 0 aliphatic rings. The summed E-state index contributed by atoms with van der Waals surface area (Å²) in [6.45, 7) is 3.24. The maximum atomic E-state index is 11.7. The third kappa shape index (κ3) is 6.22. The maximum Gasteiger partial charge on any atom is 0.230 e. The van der Waals surface area contributed by atoms with Crippen molar-refractivity contribution >= 4 is 17.7 Å². The number of thioether (sulfide) groups is 1. The molecule has 0 saturated heterocycles. The quantitative estimate of drug-likeness (QED) is 0.759. The van der Waals surface area contributed by atoms with Crippen LogP contribution < -0.4 is 10.1 Å². The van der Waals surface area contributed by atoms with Gasteiger partial charge in [0, 0.05) is 12.3 Å². The third-order valence-corrected chi connectivity index (χ3v) is 4.00. The zero-order valence-electron chi connectivity index (χ0n) is 12.7. The van der Waals surface area contributed by atoms with Gasteiger partial charge in [0.1, 0.15) is 5.75 Å². The number of rotatable bonds is 8. The van der Waals surface area contributed by atoms with E-state index in [1.165, 1.54) is 5.56 Å². The van der Waals surface area contributed by atoms with Crippen LogP contribution in [0.4, 0.5) is 0 Å². The first-order chi connectivity index (χ1) is 10.7. The predicted octanol–water partition coefficient (Wildman–Crippen LogP) is 3.42. The molecule has 1 amide bonds. The molecule has 2 rings (SSSR count). The summed E-state index contributed by atoms with van der Waals surface area (Å²) in [4.78, 5) is 11.7. The van der Waals surface area contributed by atoms with E-state index in [1.807, 2.05) is 61.5 Å². The van der Waals surface area contributed by atoms with Gasteiger partial charge in [-0.1, -0.05) is 48.0 Å². The minimum atomic E-state index is 0.0594. The molecule has 0 atom stereocenters. The van der Waals surface area contributed by atoms with E-state index in [9.17, 15) is 4.79 Å². The Morgan fingerprint density at radius 2 is 1.82 bits per heavy atom. The topological polar surface area (TPSA) is 38.3 Å². The molecular weight excluding hydrogens is 294 g/mol. The summed E-state index contributed by atoms with van der Waals surface area (Å²) < 4.78 is 5.62. The molecular formula is C18H21NO2S. The van der Waals surface area contributed by atoms with Gasteiger partial charge < -0.3 is 10.1 Å². The van der Waals surface area contributed by atoms with E-state index < -0.39 is 0 Å². The van der Waals surface area contributed by atoms with E-state index in [0.717, 1.165) is 17.1 Å². The molecule has 0 aliphatic heterocycles. The summed E-state index contributed by atoms with van der Waals surface area (Å²) in [5.74, 6) is 2.19. The highest BCUT2D eigenvalue weighted by molar-refractivity contribution is 7.99. The molecule has 0 radical (unpaired) electrons. The third-order valence-electron chi connectivity index (χ3n) is 3.08. The Balaban J connectivity index is 1.54. The van der Waals surface area contributed by atoms with Gasteiger partial charge in [0.25, 0.3) is 0 Å². The van der Waals surface area contributed by atoms with Crippen molar-refractivity contribution in [3.8, 4) is 5.75 Å². The number of carbonyl (C=O) groups is 1. The number of carbonyl (C=O) groups excluding carboxylic acids is 1. The molecule has 0 spiro atoms. The van der Waals surface area contributed by atoms with Crippen molar-refractivity contribution in [3.05, 3.63) is 65.7 Å². The lowest BCUT2D eigenvalue weighted by atomic mass is 10.2. The van der Waals surface area contributed by atoms with Crippen LogP contribution in [0.2, 0.25) is 0 Å². The highest BCUT2D eigenvalue weighted by Gasteiger charge is 2.01. The Kier molecular flexibility index (Phi) is 6.84. The van der Waals surface area contributed by atoms with E-state index in [-0.39, 0.29) is 5.91 Å². The molecule has 0 saturated carbocycles. The molecule has 0 heterocycles. The van der Waals surface area contributed by atoms with Crippen molar-refractivity contribution in [2.24, 2.45) is 0 Å². The molecule has 1 N–H and O–H groups in total. The smallest absolute Gasteiger partial charge is 0.230 e. The van der Waals surface area contributed by atoms with Crippen LogP contribution in [0, 0.1) is 6.92 Å². The van der Waals surface area contributed by atoms with Gasteiger partial charge in [-0.3, -0.25) is 4.79 Å². The summed E-state index contributed by atoms with van der Waals surface area (Å²) in [6.07, 6.45) is 0. The fourth-order valence-corrected chi connectivity index (χ4v) is 2.50. The summed E-state index contributed by atoms with van der Waals surface area (Å²) >= 11 is 1.58. The SMILES string of the molecule is Cc1ccc(OCCSCC(=O)NCc2ccccc2)cc1. The lowest BCUT2D eigenvalue weighted by Gasteiger charge is -2.07. The number of aryl methyl sites for hydroxylation is 1. The van der Waals surface area contributed by atoms with Gasteiger partial charge >= 0.3 is 0 Å². The molecule has 2 aromatic carbocycles. The predicted molar refractivity (Wildman–Crippen MR) is 92.3 cm³/mol. The lowest BCUT2D eigenvalue weighted by molar-refractivity contribution is -0.118. The number of ether oxygens (including phenoxy) is 1. The highest BCUT2D eigenvalue weighted by Crippen LogP contribution is 2.12. The number of amides is 1. The van der Waals surface area contributed by atoms with E-state index in [2.05, 4.69) is 5.32 Å². The fourth-order valence-electron chi connectivity index (χ4n) is 1.87. The molecule has 22 heavy (non-hydrogen) atoms. The van der Waals surface area contributed by atoms with Crippen molar-refractivity contribution in [1.29, 1.82) is 0 Å². The van der Waals surface area contributed by atoms with E-state index in [0.29, 0.717) is 18.9 Å². The van der Waals surface area contributed by atoms with Crippen LogP contribution in [0.5, 0.6) is 5.75 Å². The van der Waals surface area contributed by atoms with Crippen molar-refractivity contribution in [2.45, 2.75) is 13.5 Å². The van der Waals surface area contributed by atoms with Gasteiger partial charge in [-0.05, 0) is 24.6 Å². The molecule has 116 valence electrons. The Morgan fingerprint density at radius 1 is 1.09 bits per heavy atom. The Hall–Kier alpha value is -1.94. The number of nitrogens with one attached hydrogen (secondary N) is 1. The average Bonchev–Trinajstić information content (AvgIpc) is 2.55. The van der Waals surface area contributed by atoms with Crippen LogP contribution in [0.3, 0.4) is 0 Å². The normalized spacial score (nSPS) is 10.2. The van der Waals surface area contributed by atoms with Gasteiger partial charge in [0.2, 0.25) is 5.91 Å². The summed E-state index contributed by atoms with van der Waals surface area (Å²) in [7, 11) is 0. The molecule has 0 aromatic heterocycles. The van der Waals surface area contributed by atoms with Crippen molar-refractivity contribution in [2.75, 3.05) is 18.1 Å². The van der Waals surface area contributed by atoms with Gasteiger partial charge in [0.05, 0.1) is 12.4 Å². The zero-order chi connectivity index (χ0) is 15.6. The molecule has 2 aromatic rings. The standard InChI is InChI=1S/C18H21NO2S/c1-15-7-9-17(10-8-15)21-11-12-22-14-18(20)19-13-16-5-3-2-4-6-16/h2-10H,11-14H2,1H3,(H,19,20). The van der Waals surface area contributed by atoms with Crippen LogP contribution in [0.1, 0.15) is 11.1 Å². The van der Waals surface area contributed by atoms with Crippen molar-refractivity contribution in [3.63, 3.8) is 0 Å². The maximum absolute atomic E-state index is 11.7. The largest absolute Gasteiger partial charge is 0.493 e. The fraction of sp³-hybridized carbons (Fsp3) is 0.278. The molecule has 0 aliphatic carbocycles. The summed E-state index contributed by atoms with van der Waals surface area (Å²) in [5.41, 5.74) is 2.33. The average molecular weight is 315 g/mol. The summed E-state index contributed by atoms with van der Waals surface area (Å²) in [5, 5.41) is 2.91. The van der Waals surface area contributed by atoms with E-state index in [4.69, 9.17) is 4.74 Å². The minimum Gasteiger partial charge on any atom is -0.493 e. The van der Waals surface area contributed by atoms with Gasteiger partial charge in [-0.2, -0.15) is 0 Å². The van der Waals surface area contributed by atoms with Gasteiger partial charge in [0.15, 0.2) is 0 Å². The van der Waals surface area contributed by atoms with E-state index >= 15 is 0 Å². The zero-order valence-corrected chi connectivity index (χ0v) is 13.6. The molecule has 0 bridgehead atoms. The summed E-state index contributed by atoms with van der Waals surface area (Å²) in [6, 6.07) is 17.9. The van der Waals surface area contributed by atoms with Gasteiger partial charge in [-0.25, -0.2) is 0 Å². The van der Waals surface area contributed by atoms with Crippen LogP contribution in [0.15, 0.2) is 54.6 Å². The molecule has 4 heteroatoms. The van der Waals surface area contributed by atoms with Crippen LogP contribution in [-0.4, -0.2) is 24.0 Å². The first-order valence-electron chi connectivity index (χ1n) is 7.32. The molecule has 0 fully saturated rings. The monoisotopic (exact) mass is 315 g/mol. The van der Waals surface area contributed by atoms with Crippen molar-refractivity contribution in [1.82, 2.24) is 5.32 Å². The number of hydrogen-bond donors (Lipinski definition) is 1. The van der Waals surface area contributed by atoms with Crippen LogP contribution >= 0.6 is 11.8 Å². The van der Waals surface area contributed by atoms with Crippen LogP contribution in [0.25, 0.3) is 0 Å². The van der Waals surface area contributed by atoms with Crippen molar-refractivity contribution < 1.29 is 9.53 Å². The second-order valence-corrected chi connectivity index (χ2v) is 6.08. The van der Waals surface area contributed by atoms with Crippen LogP contribution in [-0.2, 0) is 11.3 Å². The molecule has 3 nitrogen and oxygen atoms in total. The Labute approximate surface area is 136 Å². The Bertz CT molecular complexity index is 569. The Morgan fingerprint density at radius 3 is 2.55 bits per heavy atom. The highest BCUT2D eigenvalue weighted by atomic mass is 32.2. The molecule has 0 unspecified atom stereocenters. The number of hydrogen-bond acceptors (Lipinski definition) is 3. The van der Waals surface area contributed by atoms with Gasteiger partial charge in [-0.15, -0.1) is 11.8 Å². The first kappa shape index (κ1) is 16.4. The number of benzene rings is 2. The second-order valence-electron chi connectivity index (χ2n) is 4.98. The first-order valence-corrected chi connectivity index (χ1v) is 8.47. The minimum absolute atomic E-state index is 0.0594. The second kappa shape index (κ2) is 9.15.